The molecule has 0 bridgehead atoms. The van der Waals surface area contributed by atoms with Gasteiger partial charge in [-0.25, -0.2) is 0 Å². The number of carbonyl (C=O) groups is 1. The van der Waals surface area contributed by atoms with Crippen LogP contribution in [0.25, 0.3) is 0 Å². The summed E-state index contributed by atoms with van der Waals surface area (Å²) < 4.78 is 0. The third kappa shape index (κ3) is 2.03. The molecule has 0 spiro atoms. The standard InChI is InChI=1S/C9H13N3O/c1-2-7(10)9(13)6-5-12-4-3-8(6)11/h3-5,7H,2,10H2,1H3,(H2,11,12). The maximum atomic E-state index is 11.6. The first-order valence-electron chi connectivity index (χ1n) is 4.16. The number of nitrogens with zero attached hydrogens (tertiary/aromatic N) is 1. The lowest BCUT2D eigenvalue weighted by atomic mass is 10.0. The number of aromatic nitrogens is 1. The van der Waals surface area contributed by atoms with Crippen molar-refractivity contribution in [1.29, 1.82) is 0 Å². The van der Waals surface area contributed by atoms with E-state index in [2.05, 4.69) is 4.98 Å². The highest BCUT2D eigenvalue weighted by Crippen LogP contribution is 2.11. The molecule has 1 unspecified atom stereocenters. The monoisotopic (exact) mass is 179 g/mol. The molecule has 0 amide bonds. The molecule has 4 nitrogen and oxygen atoms in total. The van der Waals surface area contributed by atoms with E-state index in [4.69, 9.17) is 11.5 Å². The minimum absolute atomic E-state index is 0.145. The molecule has 0 aliphatic rings. The molecule has 13 heavy (non-hydrogen) atoms. The van der Waals surface area contributed by atoms with Crippen LogP contribution < -0.4 is 11.5 Å². The van der Waals surface area contributed by atoms with Crippen molar-refractivity contribution in [2.45, 2.75) is 19.4 Å². The Labute approximate surface area is 77.0 Å². The number of Topliss-reactive ketones (excluding diaryl/α,β-unsaturated/α-hetero) is 1. The van der Waals surface area contributed by atoms with Crippen LogP contribution in [0.5, 0.6) is 0 Å². The molecule has 0 saturated heterocycles. The lowest BCUT2D eigenvalue weighted by Crippen LogP contribution is -2.30. The third-order valence-corrected chi connectivity index (χ3v) is 1.90. The summed E-state index contributed by atoms with van der Waals surface area (Å²) in [6.45, 7) is 1.86. The maximum Gasteiger partial charge on any atom is 0.183 e. The predicted molar refractivity (Wildman–Crippen MR) is 51.2 cm³/mol. The van der Waals surface area contributed by atoms with Crippen LogP contribution in [0, 0.1) is 0 Å². The quantitative estimate of drug-likeness (QED) is 0.665. The number of anilines is 1. The largest absolute Gasteiger partial charge is 0.398 e. The molecular weight excluding hydrogens is 166 g/mol. The number of hydrogen-bond acceptors (Lipinski definition) is 4. The molecule has 1 atom stereocenters. The van der Waals surface area contributed by atoms with Gasteiger partial charge >= 0.3 is 0 Å². The van der Waals surface area contributed by atoms with Crippen molar-refractivity contribution < 1.29 is 4.79 Å². The summed E-state index contributed by atoms with van der Waals surface area (Å²) in [6.07, 6.45) is 3.60. The van der Waals surface area contributed by atoms with E-state index in [9.17, 15) is 4.79 Å². The highest BCUT2D eigenvalue weighted by atomic mass is 16.1. The molecular formula is C9H13N3O. The van der Waals surface area contributed by atoms with Gasteiger partial charge in [-0.05, 0) is 12.5 Å². The van der Waals surface area contributed by atoms with Crippen molar-refractivity contribution in [3.8, 4) is 0 Å². The number of nitrogens with two attached hydrogens (primary N) is 2. The summed E-state index contributed by atoms with van der Waals surface area (Å²) in [6, 6.07) is 1.11. The Morgan fingerprint density at radius 1 is 1.69 bits per heavy atom. The molecule has 4 heteroatoms. The molecule has 0 aliphatic heterocycles. The summed E-state index contributed by atoms with van der Waals surface area (Å²) in [7, 11) is 0. The van der Waals surface area contributed by atoms with Gasteiger partial charge in [-0.15, -0.1) is 0 Å². The summed E-state index contributed by atoms with van der Waals surface area (Å²) in [5.41, 5.74) is 12.0. The Hall–Kier alpha value is -1.42. The average Bonchev–Trinajstić information content (AvgIpc) is 2.16. The van der Waals surface area contributed by atoms with Gasteiger partial charge in [0, 0.05) is 18.1 Å². The summed E-state index contributed by atoms with van der Waals surface area (Å²) >= 11 is 0. The molecule has 70 valence electrons. The van der Waals surface area contributed by atoms with Crippen LogP contribution in [0.4, 0.5) is 5.69 Å². The van der Waals surface area contributed by atoms with Crippen LogP contribution in [0.15, 0.2) is 18.5 Å². The van der Waals surface area contributed by atoms with Crippen LogP contribution in [-0.2, 0) is 0 Å². The first-order valence-corrected chi connectivity index (χ1v) is 4.16. The number of nitrogen functional groups attached to an aromatic ring is 1. The summed E-state index contributed by atoms with van der Waals surface area (Å²) in [5, 5.41) is 0. The zero-order valence-electron chi connectivity index (χ0n) is 7.53. The van der Waals surface area contributed by atoms with E-state index in [-0.39, 0.29) is 5.78 Å². The molecule has 1 heterocycles. The van der Waals surface area contributed by atoms with Crippen LogP contribution >= 0.6 is 0 Å². The van der Waals surface area contributed by atoms with Crippen LogP contribution in [0.3, 0.4) is 0 Å². The van der Waals surface area contributed by atoms with Gasteiger partial charge in [-0.1, -0.05) is 6.92 Å². The second-order valence-corrected chi connectivity index (χ2v) is 2.84. The van der Waals surface area contributed by atoms with E-state index in [0.717, 1.165) is 0 Å². The molecule has 0 saturated carbocycles. The summed E-state index contributed by atoms with van der Waals surface area (Å²) in [5.74, 6) is -0.145. The fourth-order valence-corrected chi connectivity index (χ4v) is 0.996. The third-order valence-electron chi connectivity index (χ3n) is 1.90. The van der Waals surface area contributed by atoms with Crippen LogP contribution in [0.2, 0.25) is 0 Å². The second kappa shape index (κ2) is 4.00. The molecule has 1 aromatic heterocycles. The fourth-order valence-electron chi connectivity index (χ4n) is 0.996. The predicted octanol–water partition coefficient (Wildman–Crippen LogP) is 0.584. The highest BCUT2D eigenvalue weighted by Gasteiger charge is 2.15. The van der Waals surface area contributed by atoms with Gasteiger partial charge in [0.15, 0.2) is 5.78 Å². The number of hydrogen-bond donors (Lipinski definition) is 2. The topological polar surface area (TPSA) is 82.0 Å². The summed E-state index contributed by atoms with van der Waals surface area (Å²) in [4.78, 5) is 15.4. The Morgan fingerprint density at radius 3 is 2.92 bits per heavy atom. The lowest BCUT2D eigenvalue weighted by molar-refractivity contribution is 0.0960. The van der Waals surface area contributed by atoms with Gasteiger partial charge in [0.2, 0.25) is 0 Å². The molecule has 1 rings (SSSR count). The average molecular weight is 179 g/mol. The van der Waals surface area contributed by atoms with Crippen molar-refractivity contribution in [3.63, 3.8) is 0 Å². The number of pyridine rings is 1. The van der Waals surface area contributed by atoms with Gasteiger partial charge < -0.3 is 11.5 Å². The lowest BCUT2D eigenvalue weighted by Gasteiger charge is -2.08. The van der Waals surface area contributed by atoms with Gasteiger partial charge in [0.25, 0.3) is 0 Å². The van der Waals surface area contributed by atoms with E-state index < -0.39 is 6.04 Å². The normalized spacial score (nSPS) is 12.5. The first-order chi connectivity index (χ1) is 6.16. The molecule has 4 N–H and O–H groups in total. The Bertz CT molecular complexity index is 311. The van der Waals surface area contributed by atoms with Crippen LogP contribution in [0.1, 0.15) is 23.7 Å². The Kier molecular flexibility index (Phi) is 2.97. The molecule has 0 fully saturated rings. The smallest absolute Gasteiger partial charge is 0.183 e. The highest BCUT2D eigenvalue weighted by molar-refractivity contribution is 6.03. The van der Waals surface area contributed by atoms with Crippen molar-refractivity contribution in [3.05, 3.63) is 24.0 Å². The Balaban J connectivity index is 2.95. The minimum atomic E-state index is -0.480. The zero-order chi connectivity index (χ0) is 9.84. The van der Waals surface area contributed by atoms with E-state index in [1.807, 2.05) is 6.92 Å². The maximum absolute atomic E-state index is 11.6. The molecule has 0 aliphatic carbocycles. The SMILES string of the molecule is CCC(N)C(=O)c1cnccc1N. The minimum Gasteiger partial charge on any atom is -0.398 e. The molecule has 1 aromatic rings. The van der Waals surface area contributed by atoms with E-state index in [1.165, 1.54) is 6.20 Å². The molecule has 0 radical (unpaired) electrons. The van der Waals surface area contributed by atoms with Crippen molar-refractivity contribution in [2.75, 3.05) is 5.73 Å². The second-order valence-electron chi connectivity index (χ2n) is 2.84. The molecule has 0 aromatic carbocycles. The van der Waals surface area contributed by atoms with E-state index >= 15 is 0 Å². The number of rotatable bonds is 3. The Morgan fingerprint density at radius 2 is 2.38 bits per heavy atom. The zero-order valence-corrected chi connectivity index (χ0v) is 7.53. The van der Waals surface area contributed by atoms with E-state index in [0.29, 0.717) is 17.7 Å². The van der Waals surface area contributed by atoms with Crippen molar-refractivity contribution >= 4 is 11.5 Å². The number of ketones is 1. The van der Waals surface area contributed by atoms with Crippen molar-refractivity contribution in [1.82, 2.24) is 4.98 Å². The van der Waals surface area contributed by atoms with Gasteiger partial charge in [0.05, 0.1) is 11.6 Å². The van der Waals surface area contributed by atoms with Gasteiger partial charge in [-0.3, -0.25) is 9.78 Å². The van der Waals surface area contributed by atoms with Gasteiger partial charge in [-0.2, -0.15) is 0 Å². The van der Waals surface area contributed by atoms with Crippen LogP contribution in [-0.4, -0.2) is 16.8 Å². The van der Waals surface area contributed by atoms with E-state index in [1.54, 1.807) is 12.3 Å². The first kappa shape index (κ1) is 9.67. The van der Waals surface area contributed by atoms with Crippen molar-refractivity contribution in [2.24, 2.45) is 5.73 Å². The number of carbonyl (C=O) groups excluding carboxylic acids is 1. The van der Waals surface area contributed by atoms with Gasteiger partial charge in [0.1, 0.15) is 0 Å². The fraction of sp³-hybridized carbons (Fsp3) is 0.333.